The van der Waals surface area contributed by atoms with Gasteiger partial charge >= 0.3 is 6.18 Å². The number of para-hydroxylation sites is 2. The molecule has 0 atom stereocenters. The van der Waals surface area contributed by atoms with Gasteiger partial charge in [0.15, 0.2) is 10.8 Å². The van der Waals surface area contributed by atoms with E-state index in [9.17, 15) is 23.2 Å². The number of furan rings is 1. The van der Waals surface area contributed by atoms with Crippen LogP contribution in [-0.2, 0) is 11.0 Å². The summed E-state index contributed by atoms with van der Waals surface area (Å²) in [6.45, 7) is 0. The van der Waals surface area contributed by atoms with E-state index >= 15 is 0 Å². The third-order valence-electron chi connectivity index (χ3n) is 4.26. The molecule has 0 saturated heterocycles. The molecule has 0 aliphatic carbocycles. The summed E-state index contributed by atoms with van der Waals surface area (Å²) in [5.41, 5.74) is -1.02. The van der Waals surface area contributed by atoms with Crippen LogP contribution < -0.4 is 5.32 Å². The maximum absolute atomic E-state index is 13.1. The Labute approximate surface area is 178 Å². The zero-order valence-electron chi connectivity index (χ0n) is 15.6. The SMILES string of the molecule is N#C/C(=C\c1ccc(-c2nc3ccccc3s2)o1)C(=O)Nc1ccccc1C(F)(F)F. The van der Waals surface area contributed by atoms with Crippen LogP contribution in [0.1, 0.15) is 11.3 Å². The highest BCUT2D eigenvalue weighted by molar-refractivity contribution is 7.21. The molecule has 0 unspecified atom stereocenters. The molecule has 2 aromatic carbocycles. The quantitative estimate of drug-likeness (QED) is 0.307. The van der Waals surface area contributed by atoms with Crippen LogP contribution in [0.25, 0.3) is 27.1 Å². The lowest BCUT2D eigenvalue weighted by molar-refractivity contribution is -0.137. The van der Waals surface area contributed by atoms with Crippen LogP contribution in [0.5, 0.6) is 0 Å². The molecule has 9 heteroatoms. The van der Waals surface area contributed by atoms with Gasteiger partial charge in [-0.3, -0.25) is 4.79 Å². The fraction of sp³-hybridized carbons (Fsp3) is 0.0455. The number of benzene rings is 2. The van der Waals surface area contributed by atoms with Gasteiger partial charge in [0.25, 0.3) is 5.91 Å². The number of rotatable bonds is 4. The predicted molar refractivity (Wildman–Crippen MR) is 111 cm³/mol. The average Bonchev–Trinajstić information content (AvgIpc) is 3.38. The first-order valence-electron chi connectivity index (χ1n) is 8.90. The Balaban J connectivity index is 1.58. The molecule has 4 rings (SSSR count). The number of halogens is 3. The molecule has 1 amide bonds. The number of anilines is 1. The van der Waals surface area contributed by atoms with E-state index in [-0.39, 0.29) is 5.76 Å². The third kappa shape index (κ3) is 4.34. The molecule has 1 N–H and O–H groups in total. The number of nitrogens with zero attached hydrogens (tertiary/aromatic N) is 2. The van der Waals surface area contributed by atoms with Crippen molar-refractivity contribution in [1.82, 2.24) is 4.98 Å². The molecule has 0 aliphatic rings. The van der Waals surface area contributed by atoms with E-state index in [0.717, 1.165) is 22.3 Å². The standard InChI is InChI=1S/C22H12F3N3O2S/c23-22(24,25)15-5-1-2-6-16(15)27-20(29)13(12-26)11-14-9-10-18(30-14)21-28-17-7-3-4-8-19(17)31-21/h1-11H,(H,27,29)/b13-11+. The van der Waals surface area contributed by atoms with Crippen molar-refractivity contribution in [3.63, 3.8) is 0 Å². The summed E-state index contributed by atoms with van der Waals surface area (Å²) in [7, 11) is 0. The van der Waals surface area contributed by atoms with Crippen LogP contribution in [0.4, 0.5) is 18.9 Å². The fourth-order valence-corrected chi connectivity index (χ4v) is 3.77. The van der Waals surface area contributed by atoms with Gasteiger partial charge in [-0.05, 0) is 36.4 Å². The topological polar surface area (TPSA) is 78.9 Å². The molecule has 31 heavy (non-hydrogen) atoms. The minimum Gasteiger partial charge on any atom is -0.454 e. The van der Waals surface area contributed by atoms with E-state index < -0.39 is 28.9 Å². The van der Waals surface area contributed by atoms with Gasteiger partial charge in [-0.15, -0.1) is 11.3 Å². The van der Waals surface area contributed by atoms with Gasteiger partial charge in [-0.2, -0.15) is 18.4 Å². The molecule has 2 heterocycles. The second-order valence-corrected chi connectivity index (χ2v) is 7.39. The number of nitriles is 1. The Morgan fingerprint density at radius 1 is 1.10 bits per heavy atom. The molecule has 0 fully saturated rings. The molecular formula is C22H12F3N3O2S. The monoisotopic (exact) mass is 439 g/mol. The summed E-state index contributed by atoms with van der Waals surface area (Å²) in [6, 6.07) is 17.0. The first-order chi connectivity index (χ1) is 14.8. The minimum atomic E-state index is -4.65. The van der Waals surface area contributed by atoms with Crippen molar-refractivity contribution in [2.24, 2.45) is 0 Å². The van der Waals surface area contributed by atoms with Crippen LogP contribution in [0.2, 0.25) is 0 Å². The maximum atomic E-state index is 13.1. The van der Waals surface area contributed by atoms with Crippen LogP contribution in [-0.4, -0.2) is 10.9 Å². The van der Waals surface area contributed by atoms with Gasteiger partial charge in [0.05, 0.1) is 21.5 Å². The second-order valence-electron chi connectivity index (χ2n) is 6.36. The van der Waals surface area contributed by atoms with Gasteiger partial charge in [0.1, 0.15) is 17.4 Å². The molecule has 0 radical (unpaired) electrons. The highest BCUT2D eigenvalue weighted by Crippen LogP contribution is 2.35. The normalized spacial score (nSPS) is 12.0. The van der Waals surface area contributed by atoms with E-state index in [1.54, 1.807) is 18.2 Å². The van der Waals surface area contributed by atoms with Crippen molar-refractivity contribution >= 4 is 39.2 Å². The predicted octanol–water partition coefficient (Wildman–Crippen LogP) is 6.12. The first kappa shape index (κ1) is 20.4. The lowest BCUT2D eigenvalue weighted by Gasteiger charge is -2.13. The van der Waals surface area contributed by atoms with E-state index in [0.29, 0.717) is 10.8 Å². The largest absolute Gasteiger partial charge is 0.454 e. The third-order valence-corrected chi connectivity index (χ3v) is 5.31. The van der Waals surface area contributed by atoms with Crippen molar-refractivity contribution in [3.05, 3.63) is 77.6 Å². The van der Waals surface area contributed by atoms with E-state index in [1.807, 2.05) is 24.3 Å². The van der Waals surface area contributed by atoms with Gasteiger partial charge in [-0.1, -0.05) is 24.3 Å². The van der Waals surface area contributed by atoms with Crippen LogP contribution in [0, 0.1) is 11.3 Å². The van der Waals surface area contributed by atoms with Gasteiger partial charge in [-0.25, -0.2) is 4.98 Å². The summed E-state index contributed by atoms with van der Waals surface area (Å²) in [4.78, 5) is 16.9. The Morgan fingerprint density at radius 3 is 2.58 bits per heavy atom. The minimum absolute atomic E-state index is 0.199. The number of thiazole rings is 1. The molecule has 5 nitrogen and oxygen atoms in total. The summed E-state index contributed by atoms with van der Waals surface area (Å²) >= 11 is 1.42. The number of carbonyl (C=O) groups excluding carboxylic acids is 1. The van der Waals surface area contributed by atoms with Crippen molar-refractivity contribution < 1.29 is 22.4 Å². The molecular weight excluding hydrogens is 427 g/mol. The number of fused-ring (bicyclic) bond motifs is 1. The van der Waals surface area contributed by atoms with E-state index in [4.69, 9.17) is 4.42 Å². The molecule has 0 aliphatic heterocycles. The Hall–Kier alpha value is -3.90. The average molecular weight is 439 g/mol. The zero-order valence-corrected chi connectivity index (χ0v) is 16.4. The van der Waals surface area contributed by atoms with E-state index in [1.165, 1.54) is 29.5 Å². The molecule has 4 aromatic rings. The summed E-state index contributed by atoms with van der Waals surface area (Å²) in [5, 5.41) is 12.1. The Morgan fingerprint density at radius 2 is 1.84 bits per heavy atom. The zero-order chi connectivity index (χ0) is 22.0. The van der Waals surface area contributed by atoms with E-state index in [2.05, 4.69) is 10.3 Å². The van der Waals surface area contributed by atoms with Gasteiger partial charge < -0.3 is 9.73 Å². The Bertz CT molecular complexity index is 1310. The lowest BCUT2D eigenvalue weighted by Crippen LogP contribution is -2.17. The number of carbonyl (C=O) groups is 1. The van der Waals surface area contributed by atoms with Crippen molar-refractivity contribution in [2.45, 2.75) is 6.18 Å². The second kappa shape index (κ2) is 8.08. The first-order valence-corrected chi connectivity index (χ1v) is 9.72. The number of aromatic nitrogens is 1. The molecule has 0 bridgehead atoms. The molecule has 2 aromatic heterocycles. The van der Waals surface area contributed by atoms with Gasteiger partial charge in [0, 0.05) is 6.08 Å². The van der Waals surface area contributed by atoms with Crippen LogP contribution in [0.3, 0.4) is 0 Å². The summed E-state index contributed by atoms with van der Waals surface area (Å²) in [5.74, 6) is -0.324. The van der Waals surface area contributed by atoms with Crippen molar-refractivity contribution in [1.29, 1.82) is 5.26 Å². The van der Waals surface area contributed by atoms with Crippen LogP contribution in [0.15, 0.2) is 70.7 Å². The number of hydrogen-bond acceptors (Lipinski definition) is 5. The molecule has 154 valence electrons. The molecule has 0 spiro atoms. The summed E-state index contributed by atoms with van der Waals surface area (Å²) < 4.78 is 46.0. The lowest BCUT2D eigenvalue weighted by atomic mass is 10.1. The number of hydrogen-bond donors (Lipinski definition) is 1. The fourth-order valence-electron chi connectivity index (χ4n) is 2.84. The Kier molecular flexibility index (Phi) is 5.31. The van der Waals surface area contributed by atoms with Gasteiger partial charge in [0.2, 0.25) is 0 Å². The number of amides is 1. The smallest absolute Gasteiger partial charge is 0.418 e. The number of alkyl halides is 3. The van der Waals surface area contributed by atoms with Crippen molar-refractivity contribution in [3.8, 4) is 16.8 Å². The summed E-state index contributed by atoms with van der Waals surface area (Å²) in [6.07, 6.45) is -3.48. The highest BCUT2D eigenvalue weighted by atomic mass is 32.1. The van der Waals surface area contributed by atoms with Crippen LogP contribution >= 0.6 is 11.3 Å². The molecule has 0 saturated carbocycles. The number of nitrogens with one attached hydrogen (secondary N) is 1. The maximum Gasteiger partial charge on any atom is 0.418 e. The van der Waals surface area contributed by atoms with Crippen molar-refractivity contribution in [2.75, 3.05) is 5.32 Å². The highest BCUT2D eigenvalue weighted by Gasteiger charge is 2.33.